The van der Waals surface area contributed by atoms with Crippen molar-refractivity contribution in [3.63, 3.8) is 0 Å². The van der Waals surface area contributed by atoms with Crippen molar-refractivity contribution in [2.45, 2.75) is 49.8 Å². The first-order chi connectivity index (χ1) is 15.5. The van der Waals surface area contributed by atoms with Crippen molar-refractivity contribution in [1.82, 2.24) is 15.0 Å². The molecule has 0 aliphatic rings. The maximum absolute atomic E-state index is 15.1. The van der Waals surface area contributed by atoms with Crippen molar-refractivity contribution < 1.29 is 35.5 Å². The van der Waals surface area contributed by atoms with Crippen molar-refractivity contribution in [3.05, 3.63) is 53.2 Å². The van der Waals surface area contributed by atoms with Gasteiger partial charge in [0.15, 0.2) is 20.7 Å². The lowest BCUT2D eigenvalue weighted by atomic mass is 9.91. The van der Waals surface area contributed by atoms with Crippen LogP contribution in [0.15, 0.2) is 35.5 Å². The number of sulfone groups is 1. The van der Waals surface area contributed by atoms with Crippen LogP contribution in [0, 0.1) is 5.82 Å². The van der Waals surface area contributed by atoms with Crippen LogP contribution in [0.5, 0.6) is 0 Å². The van der Waals surface area contributed by atoms with E-state index in [9.17, 15) is 31.1 Å². The number of rotatable bonds is 7. The van der Waals surface area contributed by atoms with Gasteiger partial charge < -0.3 is 10.4 Å². The molecule has 0 saturated carbocycles. The topological polar surface area (TPSA) is 105 Å². The second-order valence-corrected chi connectivity index (χ2v) is 10.2. The molecule has 184 valence electrons. The summed E-state index contributed by atoms with van der Waals surface area (Å²) in [4.78, 5) is 11.1. The molecule has 13 heteroatoms. The lowest BCUT2D eigenvalue weighted by Crippen LogP contribution is -2.41. The second kappa shape index (κ2) is 8.69. The van der Waals surface area contributed by atoms with E-state index in [4.69, 9.17) is 0 Å². The van der Waals surface area contributed by atoms with Crippen LogP contribution < -0.4 is 5.32 Å². The molecule has 7 nitrogen and oxygen atoms in total. The monoisotopic (exact) mass is 504 g/mol. The maximum atomic E-state index is 15.1. The summed E-state index contributed by atoms with van der Waals surface area (Å²) < 4.78 is 94.8. The molecule has 0 spiro atoms. The predicted molar refractivity (Wildman–Crippen MR) is 114 cm³/mol. The molecular weight excluding hydrogens is 483 g/mol. The molecule has 0 bridgehead atoms. The molecule has 2 N–H and O–H groups in total. The highest BCUT2D eigenvalue weighted by atomic mass is 32.2. The fraction of sp³-hybridized carbons (Fsp3) is 0.381. The van der Waals surface area contributed by atoms with E-state index in [1.807, 2.05) is 0 Å². The lowest BCUT2D eigenvalue weighted by molar-refractivity contribution is -0.170. The first-order valence-corrected chi connectivity index (χ1v) is 11.7. The van der Waals surface area contributed by atoms with Crippen molar-refractivity contribution in [2.24, 2.45) is 0 Å². The summed E-state index contributed by atoms with van der Waals surface area (Å²) in [6.45, 7) is 3.05. The summed E-state index contributed by atoms with van der Waals surface area (Å²) in [5, 5.41) is 12.1. The molecule has 3 aromatic rings. The highest BCUT2D eigenvalue weighted by Crippen LogP contribution is 2.41. The van der Waals surface area contributed by atoms with Crippen LogP contribution in [-0.2, 0) is 15.8 Å². The molecule has 0 saturated heterocycles. The summed E-state index contributed by atoms with van der Waals surface area (Å²) in [7, 11) is -3.77. The number of halogens is 5. The van der Waals surface area contributed by atoms with E-state index in [1.165, 1.54) is 19.1 Å². The average Bonchev–Trinajstić information content (AvgIpc) is 2.71. The standard InChI is InChI=1S/C21H21F5N4O3S/c1-10(11-6-5-7-13(16(11)22)21(25,26)20(2,3)31)28-18-12-8-15(34(4,32)33)27-9-14(12)29-19(30-18)17(23)24/h5-10,17,31H,1-4H3,(H,28,29,30)/t10-/m1/s1. The Hall–Kier alpha value is -2.93. The third-order valence-electron chi connectivity index (χ3n) is 5.10. The van der Waals surface area contributed by atoms with E-state index >= 15 is 4.39 Å². The Morgan fingerprint density at radius 2 is 1.79 bits per heavy atom. The van der Waals surface area contributed by atoms with Gasteiger partial charge in [-0.2, -0.15) is 8.78 Å². The van der Waals surface area contributed by atoms with E-state index in [0.29, 0.717) is 0 Å². The third kappa shape index (κ3) is 4.80. The zero-order valence-corrected chi connectivity index (χ0v) is 19.3. The zero-order valence-electron chi connectivity index (χ0n) is 18.4. The van der Waals surface area contributed by atoms with Gasteiger partial charge in [0.2, 0.25) is 0 Å². The number of nitrogens with one attached hydrogen (secondary N) is 1. The number of anilines is 1. The van der Waals surface area contributed by atoms with Gasteiger partial charge in [-0.15, -0.1) is 0 Å². The number of pyridine rings is 1. The number of fused-ring (bicyclic) bond motifs is 1. The summed E-state index contributed by atoms with van der Waals surface area (Å²) in [6, 6.07) is 3.20. The van der Waals surface area contributed by atoms with Crippen LogP contribution >= 0.6 is 0 Å². The molecule has 0 radical (unpaired) electrons. The van der Waals surface area contributed by atoms with E-state index in [1.54, 1.807) is 0 Å². The number of aromatic nitrogens is 3. The number of benzene rings is 1. The summed E-state index contributed by atoms with van der Waals surface area (Å²) in [5.74, 6) is -6.40. The van der Waals surface area contributed by atoms with Gasteiger partial charge in [-0.1, -0.05) is 12.1 Å². The largest absolute Gasteiger partial charge is 0.384 e. The number of hydrogen-bond acceptors (Lipinski definition) is 7. The van der Waals surface area contributed by atoms with Crippen molar-refractivity contribution in [1.29, 1.82) is 0 Å². The summed E-state index contributed by atoms with van der Waals surface area (Å²) >= 11 is 0. The molecule has 2 heterocycles. The third-order valence-corrected chi connectivity index (χ3v) is 6.09. The van der Waals surface area contributed by atoms with Gasteiger partial charge in [-0.05, 0) is 32.9 Å². The molecular formula is C21H21F5N4O3S. The van der Waals surface area contributed by atoms with Gasteiger partial charge in [0.1, 0.15) is 17.2 Å². The SMILES string of the molecule is C[C@@H](Nc1nc(C(F)F)nc2cnc(S(C)(=O)=O)cc12)c1cccc(C(F)(F)C(C)(C)O)c1F. The quantitative estimate of drug-likeness (QED) is 0.455. The smallest absolute Gasteiger partial charge is 0.303 e. The average molecular weight is 504 g/mol. The minimum absolute atomic E-state index is 0.00468. The minimum atomic E-state index is -3.94. The molecule has 3 rings (SSSR count). The van der Waals surface area contributed by atoms with Gasteiger partial charge in [-0.25, -0.2) is 36.5 Å². The molecule has 2 aromatic heterocycles. The first kappa shape index (κ1) is 25.7. The normalized spacial score (nSPS) is 14.0. The van der Waals surface area contributed by atoms with Gasteiger partial charge in [0, 0.05) is 17.2 Å². The van der Waals surface area contributed by atoms with Crippen molar-refractivity contribution in [2.75, 3.05) is 11.6 Å². The maximum Gasteiger partial charge on any atom is 0.303 e. The second-order valence-electron chi connectivity index (χ2n) is 8.25. The number of nitrogens with zero attached hydrogens (tertiary/aromatic N) is 3. The van der Waals surface area contributed by atoms with Gasteiger partial charge >= 0.3 is 5.92 Å². The van der Waals surface area contributed by atoms with E-state index in [2.05, 4.69) is 20.3 Å². The zero-order chi connectivity index (χ0) is 25.6. The van der Waals surface area contributed by atoms with E-state index < -0.39 is 51.0 Å². The number of alkyl halides is 4. The van der Waals surface area contributed by atoms with Crippen LogP contribution in [0.2, 0.25) is 0 Å². The highest BCUT2D eigenvalue weighted by Gasteiger charge is 2.49. The summed E-state index contributed by atoms with van der Waals surface area (Å²) in [6.07, 6.45) is -1.20. The molecule has 0 amide bonds. The van der Waals surface area contributed by atoms with Crippen LogP contribution in [-0.4, -0.2) is 40.3 Å². The Morgan fingerprint density at radius 1 is 1.15 bits per heavy atom. The Morgan fingerprint density at radius 3 is 2.35 bits per heavy atom. The van der Waals surface area contributed by atoms with Crippen LogP contribution in [0.25, 0.3) is 10.9 Å². The minimum Gasteiger partial charge on any atom is -0.384 e. The molecule has 1 aromatic carbocycles. The fourth-order valence-electron chi connectivity index (χ4n) is 3.18. The van der Waals surface area contributed by atoms with Gasteiger partial charge in [0.05, 0.1) is 23.3 Å². The molecule has 0 aliphatic carbocycles. The number of aliphatic hydroxyl groups is 1. The van der Waals surface area contributed by atoms with Crippen molar-refractivity contribution in [3.8, 4) is 0 Å². The van der Waals surface area contributed by atoms with Gasteiger partial charge in [0.25, 0.3) is 6.43 Å². The molecule has 0 unspecified atom stereocenters. The molecule has 1 atom stereocenters. The lowest BCUT2D eigenvalue weighted by Gasteiger charge is -2.30. The predicted octanol–water partition coefficient (Wildman–Crippen LogP) is 4.54. The summed E-state index contributed by atoms with van der Waals surface area (Å²) in [5.41, 5.74) is -3.97. The first-order valence-electron chi connectivity index (χ1n) is 9.85. The van der Waals surface area contributed by atoms with Crippen LogP contribution in [0.3, 0.4) is 0 Å². The Labute approximate surface area is 192 Å². The van der Waals surface area contributed by atoms with Crippen LogP contribution in [0.4, 0.5) is 27.8 Å². The fourth-order valence-corrected chi connectivity index (χ4v) is 3.76. The highest BCUT2D eigenvalue weighted by molar-refractivity contribution is 7.90. The van der Waals surface area contributed by atoms with Gasteiger partial charge in [-0.3, -0.25) is 0 Å². The van der Waals surface area contributed by atoms with Crippen molar-refractivity contribution >= 4 is 26.6 Å². The molecule has 0 aliphatic heterocycles. The molecule has 34 heavy (non-hydrogen) atoms. The van der Waals surface area contributed by atoms with E-state index in [0.717, 1.165) is 38.4 Å². The van der Waals surface area contributed by atoms with Crippen LogP contribution in [0.1, 0.15) is 50.2 Å². The Kier molecular flexibility index (Phi) is 6.57. The Bertz CT molecular complexity index is 1340. The Balaban J connectivity index is 2.13. The molecule has 0 fully saturated rings. The number of hydrogen-bond donors (Lipinski definition) is 2. The van der Waals surface area contributed by atoms with E-state index in [-0.39, 0.29) is 27.3 Å².